The van der Waals surface area contributed by atoms with Gasteiger partial charge in [0.2, 0.25) is 18.1 Å². The number of hydrogen-bond donors (Lipinski definition) is 3. The van der Waals surface area contributed by atoms with Crippen molar-refractivity contribution in [1.82, 2.24) is 24.8 Å². The van der Waals surface area contributed by atoms with Gasteiger partial charge in [0.25, 0.3) is 0 Å². The van der Waals surface area contributed by atoms with Gasteiger partial charge in [0.1, 0.15) is 5.82 Å². The minimum atomic E-state index is -0.797. The number of amides is 1. The summed E-state index contributed by atoms with van der Waals surface area (Å²) in [6, 6.07) is 7.80. The fourth-order valence-electron chi connectivity index (χ4n) is 4.74. The summed E-state index contributed by atoms with van der Waals surface area (Å²) in [5.74, 6) is 0.555. The molecule has 0 saturated carbocycles. The number of halogens is 1. The molecule has 0 aliphatic carbocycles. The number of nitrogens with zero attached hydrogens (tertiary/aromatic N) is 4. The average molecular weight is 525 g/mol. The number of anilines is 1. The molecule has 3 aromatic rings. The van der Waals surface area contributed by atoms with E-state index in [9.17, 15) is 9.18 Å². The van der Waals surface area contributed by atoms with Crippen LogP contribution in [0, 0.1) is 11.2 Å². The minimum absolute atomic E-state index is 0.0602. The largest absolute Gasteiger partial charge is 0.396 e. The molecule has 1 amide bonds. The summed E-state index contributed by atoms with van der Waals surface area (Å²) in [5, 5.41) is 12.1. The van der Waals surface area contributed by atoms with E-state index in [0.29, 0.717) is 47.4 Å². The van der Waals surface area contributed by atoms with Crippen LogP contribution in [0.3, 0.4) is 0 Å². The summed E-state index contributed by atoms with van der Waals surface area (Å²) in [6.07, 6.45) is 4.60. The SMILES string of the molecule is CC1(C(=O)N2CCCCC2)COC(c2nc(-c3ccc(F)cc3)c(-c3ccnc(NCCCO)n3)[nH]2)OC1. The van der Waals surface area contributed by atoms with E-state index in [1.807, 2.05) is 11.8 Å². The van der Waals surface area contributed by atoms with Gasteiger partial charge in [-0.15, -0.1) is 0 Å². The van der Waals surface area contributed by atoms with Gasteiger partial charge >= 0.3 is 0 Å². The number of aromatic amines is 1. The molecule has 0 radical (unpaired) electrons. The number of hydrogen-bond acceptors (Lipinski definition) is 8. The number of ether oxygens (including phenoxy) is 2. The Morgan fingerprint density at radius 1 is 1.16 bits per heavy atom. The zero-order valence-electron chi connectivity index (χ0n) is 21.5. The maximum absolute atomic E-state index is 13.6. The van der Waals surface area contributed by atoms with E-state index in [1.54, 1.807) is 24.4 Å². The van der Waals surface area contributed by atoms with E-state index in [2.05, 4.69) is 20.3 Å². The molecule has 0 unspecified atom stereocenters. The van der Waals surface area contributed by atoms with Gasteiger partial charge in [0.15, 0.2) is 5.82 Å². The fraction of sp³-hybridized carbons (Fsp3) is 0.481. The molecule has 1 aromatic carbocycles. The third-order valence-electron chi connectivity index (χ3n) is 6.86. The molecule has 11 heteroatoms. The van der Waals surface area contributed by atoms with Crippen LogP contribution in [-0.2, 0) is 14.3 Å². The first kappa shape index (κ1) is 26.2. The van der Waals surface area contributed by atoms with Gasteiger partial charge in [0.05, 0.1) is 35.7 Å². The molecule has 2 aliphatic rings. The van der Waals surface area contributed by atoms with Crippen LogP contribution in [-0.4, -0.2) is 75.3 Å². The van der Waals surface area contributed by atoms with E-state index in [1.165, 1.54) is 12.1 Å². The molecule has 0 spiro atoms. The Hall–Kier alpha value is -3.41. The summed E-state index contributed by atoms with van der Waals surface area (Å²) in [7, 11) is 0. The maximum atomic E-state index is 13.6. The second kappa shape index (κ2) is 11.5. The van der Waals surface area contributed by atoms with Crippen molar-refractivity contribution in [1.29, 1.82) is 0 Å². The lowest BCUT2D eigenvalue weighted by Crippen LogP contribution is -2.51. The van der Waals surface area contributed by atoms with Crippen molar-refractivity contribution in [2.45, 2.75) is 38.9 Å². The number of carbonyl (C=O) groups excluding carboxylic acids is 1. The molecule has 0 bridgehead atoms. The van der Waals surface area contributed by atoms with Crippen molar-refractivity contribution < 1.29 is 23.8 Å². The van der Waals surface area contributed by atoms with Crippen molar-refractivity contribution in [3.63, 3.8) is 0 Å². The molecule has 0 atom stereocenters. The molecule has 2 saturated heterocycles. The Kier molecular flexibility index (Phi) is 7.96. The number of aliphatic hydroxyl groups is 1. The zero-order chi connectivity index (χ0) is 26.5. The molecule has 10 nitrogen and oxygen atoms in total. The number of piperidine rings is 1. The first-order valence-corrected chi connectivity index (χ1v) is 13.0. The van der Waals surface area contributed by atoms with Gasteiger partial charge in [-0.05, 0) is 62.9 Å². The second-order valence-electron chi connectivity index (χ2n) is 9.99. The molecule has 2 fully saturated rings. The van der Waals surface area contributed by atoms with E-state index < -0.39 is 11.7 Å². The van der Waals surface area contributed by atoms with Gasteiger partial charge in [-0.1, -0.05) is 0 Å². The highest BCUT2D eigenvalue weighted by Gasteiger charge is 2.43. The highest BCUT2D eigenvalue weighted by Crippen LogP contribution is 2.36. The standard InChI is InChI=1S/C27H33FN6O4/c1-27(25(36)34-13-3-2-4-14-34)16-37-24(38-17-27)23-32-21(18-6-8-19(28)9-7-18)22(33-23)20-10-12-30-26(31-20)29-11-5-15-35/h6-10,12,24,35H,2-5,11,13-17H2,1H3,(H,32,33)(H,29,30,31). The molecule has 4 heterocycles. The number of carbonyl (C=O) groups is 1. The monoisotopic (exact) mass is 524 g/mol. The summed E-state index contributed by atoms with van der Waals surface area (Å²) >= 11 is 0. The van der Waals surface area contributed by atoms with Gasteiger partial charge in [-0.3, -0.25) is 4.79 Å². The van der Waals surface area contributed by atoms with Gasteiger partial charge in [-0.25, -0.2) is 19.3 Å². The lowest BCUT2D eigenvalue weighted by molar-refractivity contribution is -0.234. The quantitative estimate of drug-likeness (QED) is 0.382. The Morgan fingerprint density at radius 2 is 1.89 bits per heavy atom. The minimum Gasteiger partial charge on any atom is -0.396 e. The predicted molar refractivity (Wildman–Crippen MR) is 138 cm³/mol. The number of aliphatic hydroxyl groups excluding tert-OH is 1. The topological polar surface area (TPSA) is 125 Å². The first-order valence-electron chi connectivity index (χ1n) is 13.0. The van der Waals surface area contributed by atoms with Crippen LogP contribution in [0.15, 0.2) is 36.5 Å². The van der Waals surface area contributed by atoms with Gasteiger partial charge < -0.3 is 29.8 Å². The van der Waals surface area contributed by atoms with E-state index in [4.69, 9.17) is 19.6 Å². The van der Waals surface area contributed by atoms with Crippen LogP contribution in [0.2, 0.25) is 0 Å². The lowest BCUT2D eigenvalue weighted by Gasteiger charge is -2.40. The Balaban J connectivity index is 1.39. The highest BCUT2D eigenvalue weighted by atomic mass is 19.1. The van der Waals surface area contributed by atoms with Crippen LogP contribution in [0.25, 0.3) is 22.6 Å². The number of aromatic nitrogens is 4. The van der Waals surface area contributed by atoms with Crippen molar-refractivity contribution in [3.8, 4) is 22.6 Å². The van der Waals surface area contributed by atoms with E-state index in [0.717, 1.165) is 32.4 Å². The second-order valence-corrected chi connectivity index (χ2v) is 9.99. The van der Waals surface area contributed by atoms with E-state index in [-0.39, 0.29) is 31.5 Å². The Labute approximate surface area is 220 Å². The van der Waals surface area contributed by atoms with Crippen molar-refractivity contribution >= 4 is 11.9 Å². The number of rotatable bonds is 8. The average Bonchev–Trinajstić information content (AvgIpc) is 3.40. The molecule has 3 N–H and O–H groups in total. The molecule has 38 heavy (non-hydrogen) atoms. The van der Waals surface area contributed by atoms with Gasteiger partial charge in [0, 0.05) is 38.0 Å². The number of benzene rings is 1. The number of nitrogens with one attached hydrogen (secondary N) is 2. The summed E-state index contributed by atoms with van der Waals surface area (Å²) < 4.78 is 25.7. The van der Waals surface area contributed by atoms with Gasteiger partial charge in [-0.2, -0.15) is 0 Å². The Bertz CT molecular complexity index is 1240. The van der Waals surface area contributed by atoms with Crippen LogP contribution in [0.5, 0.6) is 0 Å². The zero-order valence-corrected chi connectivity index (χ0v) is 21.5. The summed E-state index contributed by atoms with van der Waals surface area (Å²) in [5.41, 5.74) is 1.67. The molecule has 5 rings (SSSR count). The van der Waals surface area contributed by atoms with E-state index >= 15 is 0 Å². The lowest BCUT2D eigenvalue weighted by atomic mass is 9.89. The normalized spacial score (nSPS) is 21.9. The van der Waals surface area contributed by atoms with Crippen LogP contribution in [0.4, 0.5) is 10.3 Å². The Morgan fingerprint density at radius 3 is 2.61 bits per heavy atom. The third-order valence-corrected chi connectivity index (χ3v) is 6.86. The number of imidazole rings is 1. The third kappa shape index (κ3) is 5.69. The van der Waals surface area contributed by atoms with Crippen LogP contribution >= 0.6 is 0 Å². The highest BCUT2D eigenvalue weighted by molar-refractivity contribution is 5.83. The number of H-pyrrole nitrogens is 1. The fourth-order valence-corrected chi connectivity index (χ4v) is 4.74. The summed E-state index contributed by atoms with van der Waals surface area (Å²) in [4.78, 5) is 32.0. The molecular formula is C27H33FN6O4. The van der Waals surface area contributed by atoms with Crippen molar-refractivity contribution in [3.05, 3.63) is 48.2 Å². The van der Waals surface area contributed by atoms with Crippen molar-refractivity contribution in [2.24, 2.45) is 5.41 Å². The first-order chi connectivity index (χ1) is 18.5. The van der Waals surface area contributed by atoms with Crippen LogP contribution < -0.4 is 5.32 Å². The molecule has 202 valence electrons. The predicted octanol–water partition coefficient (Wildman–Crippen LogP) is 3.53. The van der Waals surface area contributed by atoms with Crippen molar-refractivity contribution in [2.75, 3.05) is 44.8 Å². The summed E-state index contributed by atoms with van der Waals surface area (Å²) in [6.45, 7) is 4.44. The number of likely N-dealkylation sites (tertiary alicyclic amines) is 1. The molecule has 2 aromatic heterocycles. The maximum Gasteiger partial charge on any atom is 0.233 e. The molecule has 2 aliphatic heterocycles. The molecular weight excluding hydrogens is 491 g/mol. The van der Waals surface area contributed by atoms with Crippen LogP contribution in [0.1, 0.15) is 44.7 Å². The smallest absolute Gasteiger partial charge is 0.233 e.